The van der Waals surface area contributed by atoms with Crippen LogP contribution in [0.5, 0.6) is 0 Å². The van der Waals surface area contributed by atoms with E-state index in [4.69, 9.17) is 15.2 Å². The highest BCUT2D eigenvalue weighted by Gasteiger charge is 2.43. The van der Waals surface area contributed by atoms with Crippen molar-refractivity contribution in [2.75, 3.05) is 45.8 Å². The number of amidine groups is 2. The number of benzene rings is 2. The monoisotopic (exact) mass is 1060 g/mol. The van der Waals surface area contributed by atoms with Crippen LogP contribution in [0, 0.1) is 37.5 Å². The van der Waals surface area contributed by atoms with Gasteiger partial charge in [0.15, 0.2) is 5.82 Å². The molecule has 0 saturated carbocycles. The summed E-state index contributed by atoms with van der Waals surface area (Å²) in [5.74, 6) is 7.22. The molecule has 0 bridgehead atoms. The molecular weight excluding hydrogens is 994 g/mol. The highest BCUT2D eigenvalue weighted by molar-refractivity contribution is 7.13. The van der Waals surface area contributed by atoms with Crippen molar-refractivity contribution in [2.45, 2.75) is 134 Å². The first kappa shape index (κ1) is 53.0. The van der Waals surface area contributed by atoms with Crippen molar-refractivity contribution in [3.05, 3.63) is 106 Å². The summed E-state index contributed by atoms with van der Waals surface area (Å²) in [6.45, 7) is 12.5. The number of carbonyl (C=O) groups excluding carboxylic acids is 2. The molecule has 5 aliphatic rings. The van der Waals surface area contributed by atoms with E-state index in [0.717, 1.165) is 96.6 Å². The van der Waals surface area contributed by atoms with E-state index < -0.39 is 36.1 Å². The van der Waals surface area contributed by atoms with Crippen LogP contribution in [0.25, 0.3) is 10.4 Å². The number of hydrogen-bond acceptors (Lipinski definition) is 13. The van der Waals surface area contributed by atoms with E-state index in [9.17, 15) is 27.9 Å². The molecule has 3 aromatic heterocycles. The molecule has 2 amide bonds. The Hall–Kier alpha value is -6.43. The molecule has 0 radical (unpaired) electrons. The molecule has 402 valence electrons. The maximum Gasteiger partial charge on any atom is 0.453 e. The maximum absolute atomic E-state index is 14.3. The van der Waals surface area contributed by atoms with E-state index in [1.807, 2.05) is 62.4 Å². The molecule has 8 heterocycles. The highest BCUT2D eigenvalue weighted by Crippen LogP contribution is 2.36. The van der Waals surface area contributed by atoms with E-state index >= 15 is 0 Å². The molecule has 2 aromatic carbocycles. The number of fused-ring (bicyclic) bond motifs is 1. The van der Waals surface area contributed by atoms with Gasteiger partial charge in [-0.3, -0.25) is 14.6 Å². The van der Waals surface area contributed by atoms with E-state index in [0.29, 0.717) is 61.1 Å². The normalized spacial score (nSPS) is 21.4. The summed E-state index contributed by atoms with van der Waals surface area (Å²) in [4.78, 5) is 47.3. The van der Waals surface area contributed by atoms with Gasteiger partial charge in [0, 0.05) is 75.6 Å². The minimum Gasteiger partial charge on any atom is -0.391 e. The standard InChI is InChI=1S/C56H67F3N12O4S/c1-34(2)51(47-29-35(3)66-75-47)54(74)70-32-44(72)30-46(70)53(60)62-45(41-11-13-42(14-12-41)52-36(4)61-33-76-52)31-50(73)69-27-21-43(22-28-69)67-23-17-38(18-24-67)6-5-37-7-9-39(10-8-37)40-19-25-68(26-20-40)49-16-15-48-63-64-55(56(57,58)59)71(48)65-49/h7-14,29,33-34,38,40,43-46,51,72H,15-28,30-32H2,1-4H3,(H2,60,62)/t44-,45?,46+,51-/m1/s1. The molecule has 5 aromatic rings. The number of rotatable bonds is 11. The molecule has 1 unspecified atom stereocenters. The van der Waals surface area contributed by atoms with Crippen LogP contribution in [0.2, 0.25) is 0 Å². The number of likely N-dealkylation sites (tertiary alicyclic amines) is 4. The van der Waals surface area contributed by atoms with Gasteiger partial charge >= 0.3 is 6.18 Å². The Morgan fingerprint density at radius 3 is 2.30 bits per heavy atom. The number of nitrogens with two attached hydrogens (primary N) is 1. The molecule has 4 atom stereocenters. The zero-order valence-electron chi connectivity index (χ0n) is 43.6. The first-order valence-corrected chi connectivity index (χ1v) is 27.7. The molecule has 4 fully saturated rings. The number of amides is 2. The Balaban J connectivity index is 0.722. The lowest BCUT2D eigenvalue weighted by molar-refractivity contribution is -0.147. The second-order valence-electron chi connectivity index (χ2n) is 21.5. The predicted molar refractivity (Wildman–Crippen MR) is 283 cm³/mol. The summed E-state index contributed by atoms with van der Waals surface area (Å²) in [5.41, 5.74) is 14.4. The van der Waals surface area contributed by atoms with Gasteiger partial charge in [-0.25, -0.2) is 4.98 Å². The van der Waals surface area contributed by atoms with Gasteiger partial charge in [-0.1, -0.05) is 67.2 Å². The lowest BCUT2D eigenvalue weighted by Crippen LogP contribution is -2.49. The summed E-state index contributed by atoms with van der Waals surface area (Å²) in [6, 6.07) is 17.5. The van der Waals surface area contributed by atoms with Crippen molar-refractivity contribution in [1.29, 1.82) is 0 Å². The number of aryl methyl sites for hydroxylation is 3. The number of aliphatic imine (C=N–C) groups is 1. The van der Waals surface area contributed by atoms with Crippen LogP contribution in [-0.2, 0) is 22.2 Å². The summed E-state index contributed by atoms with van der Waals surface area (Å²) in [7, 11) is 0. The number of aliphatic hydroxyl groups excluding tert-OH is 1. The fourth-order valence-electron chi connectivity index (χ4n) is 11.8. The number of nitrogens with zero attached hydrogens (tertiary/aromatic N) is 11. The lowest BCUT2D eigenvalue weighted by Gasteiger charge is -2.41. The van der Waals surface area contributed by atoms with Gasteiger partial charge in [-0.15, -0.1) is 21.5 Å². The van der Waals surface area contributed by atoms with Crippen LogP contribution in [0.1, 0.15) is 135 Å². The number of carbonyl (C=O) groups is 2. The van der Waals surface area contributed by atoms with Crippen LogP contribution in [0.4, 0.5) is 13.2 Å². The number of halogens is 3. The number of β-amino-alcohol motifs (C(OH)–C–C–N with tert-alkyl or cyclic N) is 1. The van der Waals surface area contributed by atoms with E-state index in [1.54, 1.807) is 22.3 Å². The average molecular weight is 1060 g/mol. The smallest absolute Gasteiger partial charge is 0.391 e. The van der Waals surface area contributed by atoms with Gasteiger partial charge in [0.25, 0.3) is 5.82 Å². The number of hydrogen-bond donors (Lipinski definition) is 2. The van der Waals surface area contributed by atoms with Crippen LogP contribution < -0.4 is 5.73 Å². The Bertz CT molecular complexity index is 2970. The molecule has 20 heteroatoms. The molecule has 0 spiro atoms. The van der Waals surface area contributed by atoms with Crippen molar-refractivity contribution in [2.24, 2.45) is 27.7 Å². The Kier molecular flexibility index (Phi) is 15.8. The van der Waals surface area contributed by atoms with E-state index in [2.05, 4.69) is 71.3 Å². The Labute approximate surface area is 445 Å². The number of alkyl halides is 3. The molecule has 16 nitrogen and oxygen atoms in total. The fourth-order valence-corrected chi connectivity index (χ4v) is 12.6. The number of aliphatic hydroxyl groups is 1. The molecule has 0 aliphatic carbocycles. The van der Waals surface area contributed by atoms with Gasteiger partial charge in [0.1, 0.15) is 23.3 Å². The molecular formula is C56H67F3N12O4S. The van der Waals surface area contributed by atoms with Gasteiger partial charge in [0.05, 0.1) is 46.4 Å². The largest absolute Gasteiger partial charge is 0.453 e. The Morgan fingerprint density at radius 2 is 1.66 bits per heavy atom. The molecule has 5 aliphatic heterocycles. The zero-order valence-corrected chi connectivity index (χ0v) is 44.4. The van der Waals surface area contributed by atoms with Crippen LogP contribution in [-0.4, -0.2) is 137 Å². The van der Waals surface area contributed by atoms with E-state index in [1.165, 1.54) is 5.56 Å². The quantitative estimate of drug-likeness (QED) is 0.0743. The van der Waals surface area contributed by atoms with Gasteiger partial charge in [0.2, 0.25) is 11.8 Å². The number of piperidine rings is 3. The third-order valence-electron chi connectivity index (χ3n) is 16.0. The molecule has 10 rings (SSSR count). The fraction of sp³-hybridized carbons (Fsp3) is 0.536. The van der Waals surface area contributed by atoms with Crippen molar-refractivity contribution >= 4 is 34.8 Å². The number of thiazole rings is 1. The zero-order chi connectivity index (χ0) is 53.3. The lowest BCUT2D eigenvalue weighted by atomic mass is 9.88. The second-order valence-corrected chi connectivity index (χ2v) is 22.3. The predicted octanol–water partition coefficient (Wildman–Crippen LogP) is 7.96. The van der Waals surface area contributed by atoms with Crippen molar-refractivity contribution in [3.63, 3.8) is 0 Å². The van der Waals surface area contributed by atoms with Gasteiger partial charge < -0.3 is 35.0 Å². The molecule has 4 saturated heterocycles. The maximum atomic E-state index is 14.3. The highest BCUT2D eigenvalue weighted by atomic mass is 32.1. The third kappa shape index (κ3) is 11.8. The van der Waals surface area contributed by atoms with Crippen molar-refractivity contribution < 1.29 is 32.4 Å². The van der Waals surface area contributed by atoms with Crippen molar-refractivity contribution in [1.82, 2.24) is 44.6 Å². The summed E-state index contributed by atoms with van der Waals surface area (Å²) < 4.78 is 46.8. The van der Waals surface area contributed by atoms with Gasteiger partial charge in [-0.05, 0) is 106 Å². The SMILES string of the molecule is Cc1cc([C@H](C(=O)N2C[C@H](O)C[C@H]2C(N)=NC(CC(=O)N2CCC(N3CCC(C#Cc4ccc(C5CCN(C6=Nn7c(nnc7C(F)(F)F)CC6)CC5)cc4)CC3)CC2)c2ccc(-c3scnc3C)cc2)C(C)C)on1. The molecule has 3 N–H and O–H groups in total. The number of aromatic nitrogens is 5. The van der Waals surface area contributed by atoms with Crippen LogP contribution in [0.15, 0.2) is 74.7 Å². The average Bonchev–Trinajstić information content (AvgIpc) is 4.26. The summed E-state index contributed by atoms with van der Waals surface area (Å²) in [5, 5.41) is 26.3. The topological polar surface area (TPSA) is 188 Å². The van der Waals surface area contributed by atoms with Gasteiger partial charge in [-0.2, -0.15) is 22.9 Å². The van der Waals surface area contributed by atoms with Crippen LogP contribution in [0.3, 0.4) is 0 Å². The van der Waals surface area contributed by atoms with Crippen molar-refractivity contribution in [3.8, 4) is 22.3 Å². The molecule has 76 heavy (non-hydrogen) atoms. The van der Waals surface area contributed by atoms with Crippen LogP contribution >= 0.6 is 11.3 Å². The second kappa shape index (κ2) is 22.6. The minimum absolute atomic E-state index is 0.00121. The van der Waals surface area contributed by atoms with E-state index in [-0.39, 0.29) is 48.8 Å². The summed E-state index contributed by atoms with van der Waals surface area (Å²) >= 11 is 1.58. The Morgan fingerprint density at radius 1 is 0.934 bits per heavy atom. The summed E-state index contributed by atoms with van der Waals surface area (Å²) in [6.07, 6.45) is 1.39. The minimum atomic E-state index is -4.61. The first-order valence-electron chi connectivity index (χ1n) is 26.8. The first-order chi connectivity index (χ1) is 36.6. The third-order valence-corrected chi connectivity index (χ3v) is 17.0.